The van der Waals surface area contributed by atoms with Crippen molar-refractivity contribution in [3.8, 4) is 17.1 Å². The number of nitrogens with one attached hydrogen (secondary N) is 1. The normalized spacial score (nSPS) is 15.7. The summed E-state index contributed by atoms with van der Waals surface area (Å²) < 4.78 is 31.7. The molecular formula is C21H25N3O4S. The van der Waals surface area contributed by atoms with Gasteiger partial charge in [-0.05, 0) is 55.9 Å². The molecule has 0 spiro atoms. The predicted molar refractivity (Wildman–Crippen MR) is 112 cm³/mol. The Balaban J connectivity index is 1.85. The highest BCUT2D eigenvalue weighted by atomic mass is 32.2. The summed E-state index contributed by atoms with van der Waals surface area (Å²) in [4.78, 5) is 19.5. The molecule has 1 fully saturated rings. The second-order valence-corrected chi connectivity index (χ2v) is 10.0. The summed E-state index contributed by atoms with van der Waals surface area (Å²) in [6.45, 7) is 1.88. The lowest BCUT2D eigenvalue weighted by molar-refractivity contribution is 0.149. The van der Waals surface area contributed by atoms with Crippen LogP contribution in [-0.2, 0) is 15.6 Å². The van der Waals surface area contributed by atoms with Crippen molar-refractivity contribution in [2.24, 2.45) is 0 Å². The van der Waals surface area contributed by atoms with Crippen LogP contribution < -0.4 is 10.3 Å². The van der Waals surface area contributed by atoms with E-state index in [9.17, 15) is 13.2 Å². The van der Waals surface area contributed by atoms with Crippen LogP contribution in [-0.4, -0.2) is 35.1 Å². The number of nitrogens with zero attached hydrogens (tertiary/aromatic N) is 2. The van der Waals surface area contributed by atoms with Crippen LogP contribution >= 0.6 is 0 Å². The van der Waals surface area contributed by atoms with Gasteiger partial charge in [0.15, 0.2) is 9.84 Å². The number of H-pyrrole nitrogens is 1. The van der Waals surface area contributed by atoms with Crippen LogP contribution in [0.4, 0.5) is 0 Å². The van der Waals surface area contributed by atoms with Crippen molar-refractivity contribution in [1.82, 2.24) is 14.4 Å². The topological polar surface area (TPSA) is 93.5 Å². The van der Waals surface area contributed by atoms with Gasteiger partial charge in [-0.15, -0.1) is 0 Å². The lowest BCUT2D eigenvalue weighted by Gasteiger charge is -2.23. The van der Waals surface area contributed by atoms with Crippen molar-refractivity contribution in [3.05, 3.63) is 52.2 Å². The number of sulfone groups is 1. The van der Waals surface area contributed by atoms with E-state index in [4.69, 9.17) is 4.74 Å². The zero-order valence-corrected chi connectivity index (χ0v) is 17.5. The number of ether oxygens (including phenoxy) is 1. The number of pyridine rings is 1. The average molecular weight is 416 g/mol. The molecule has 1 aliphatic rings. The van der Waals surface area contributed by atoms with E-state index in [0.29, 0.717) is 22.5 Å². The van der Waals surface area contributed by atoms with Crippen molar-refractivity contribution in [2.75, 3.05) is 6.26 Å². The number of aryl methyl sites for hydroxylation is 1. The first-order valence-electron chi connectivity index (χ1n) is 9.85. The van der Waals surface area contributed by atoms with Gasteiger partial charge in [0.1, 0.15) is 11.6 Å². The molecule has 3 aromatic heterocycles. The van der Waals surface area contributed by atoms with Gasteiger partial charge < -0.3 is 14.1 Å². The second-order valence-electron chi connectivity index (χ2n) is 7.86. The quantitative estimate of drug-likeness (QED) is 0.690. The Morgan fingerprint density at radius 1 is 1.24 bits per heavy atom. The van der Waals surface area contributed by atoms with Gasteiger partial charge in [0, 0.05) is 24.8 Å². The van der Waals surface area contributed by atoms with Crippen LogP contribution in [0.5, 0.6) is 5.88 Å². The minimum Gasteiger partial charge on any atom is -0.474 e. The smallest absolute Gasteiger partial charge is 0.272 e. The lowest BCUT2D eigenvalue weighted by atomic mass is 9.98. The van der Waals surface area contributed by atoms with Gasteiger partial charge in [-0.3, -0.25) is 4.79 Å². The van der Waals surface area contributed by atoms with E-state index in [1.807, 2.05) is 23.5 Å². The number of aromatic nitrogens is 3. The van der Waals surface area contributed by atoms with Gasteiger partial charge in [0.2, 0.25) is 5.88 Å². The molecule has 3 heterocycles. The Morgan fingerprint density at radius 3 is 2.72 bits per heavy atom. The van der Waals surface area contributed by atoms with Gasteiger partial charge in [-0.25, -0.2) is 13.4 Å². The zero-order valence-electron chi connectivity index (χ0n) is 16.6. The molecule has 0 radical (unpaired) electrons. The zero-order chi connectivity index (χ0) is 20.6. The van der Waals surface area contributed by atoms with E-state index in [1.54, 1.807) is 18.6 Å². The molecule has 0 atom stereocenters. The predicted octanol–water partition coefficient (Wildman–Crippen LogP) is 3.25. The molecule has 1 saturated carbocycles. The van der Waals surface area contributed by atoms with Crippen LogP contribution in [0.1, 0.15) is 43.2 Å². The van der Waals surface area contributed by atoms with Gasteiger partial charge in [0.05, 0.1) is 17.0 Å². The van der Waals surface area contributed by atoms with E-state index < -0.39 is 9.84 Å². The fourth-order valence-corrected chi connectivity index (χ4v) is 4.82. The number of aromatic amines is 1. The number of hydrogen-bond donors (Lipinski definition) is 1. The molecule has 0 aromatic carbocycles. The van der Waals surface area contributed by atoms with Crippen molar-refractivity contribution in [1.29, 1.82) is 0 Å². The third-order valence-corrected chi connectivity index (χ3v) is 6.18. The first kappa shape index (κ1) is 19.7. The Labute approximate surface area is 169 Å². The molecule has 0 aliphatic heterocycles. The van der Waals surface area contributed by atoms with Crippen LogP contribution in [0.2, 0.25) is 0 Å². The maximum absolute atomic E-state index is 12.3. The summed E-state index contributed by atoms with van der Waals surface area (Å²) in [5.41, 5.74) is 3.27. The Kier molecular flexibility index (Phi) is 5.21. The molecule has 29 heavy (non-hydrogen) atoms. The van der Waals surface area contributed by atoms with Crippen molar-refractivity contribution < 1.29 is 13.2 Å². The molecule has 1 aliphatic carbocycles. The van der Waals surface area contributed by atoms with Gasteiger partial charge >= 0.3 is 0 Å². The highest BCUT2D eigenvalue weighted by molar-refractivity contribution is 7.89. The van der Waals surface area contributed by atoms with Crippen LogP contribution in [0.25, 0.3) is 16.8 Å². The average Bonchev–Trinajstić information content (AvgIpc) is 3.00. The Morgan fingerprint density at radius 2 is 2.00 bits per heavy atom. The minimum absolute atomic E-state index is 0.0976. The molecule has 4 rings (SSSR count). The molecule has 0 bridgehead atoms. The third-order valence-electron chi connectivity index (χ3n) is 5.32. The molecule has 1 N–H and O–H groups in total. The second kappa shape index (κ2) is 7.67. The molecule has 154 valence electrons. The maximum Gasteiger partial charge on any atom is 0.272 e. The van der Waals surface area contributed by atoms with Crippen molar-refractivity contribution >= 4 is 15.4 Å². The molecule has 8 heteroatoms. The number of fused-ring (bicyclic) bond motifs is 1. The summed E-state index contributed by atoms with van der Waals surface area (Å²) in [6.07, 6.45) is 11.7. The van der Waals surface area contributed by atoms with Crippen molar-refractivity contribution in [3.63, 3.8) is 0 Å². The highest BCUT2D eigenvalue weighted by Crippen LogP contribution is 2.34. The third kappa shape index (κ3) is 4.22. The summed E-state index contributed by atoms with van der Waals surface area (Å²) >= 11 is 0. The van der Waals surface area contributed by atoms with E-state index in [1.165, 1.54) is 12.7 Å². The lowest BCUT2D eigenvalue weighted by Crippen LogP contribution is -2.20. The molecule has 7 nitrogen and oxygen atoms in total. The SMILES string of the molecule is Cc1cc(-c2cc(CS(C)(=O)=O)cnc2OC2CCCCC2)n2cc[nH]c(=O)c12. The molecule has 0 unspecified atom stereocenters. The van der Waals surface area contributed by atoms with Crippen LogP contribution in [0.15, 0.2) is 35.5 Å². The van der Waals surface area contributed by atoms with E-state index >= 15 is 0 Å². The summed E-state index contributed by atoms with van der Waals surface area (Å²) in [5, 5.41) is 0. The first-order valence-corrected chi connectivity index (χ1v) is 11.9. The minimum atomic E-state index is -3.20. The van der Waals surface area contributed by atoms with Crippen molar-refractivity contribution in [2.45, 2.75) is 50.9 Å². The Hall–Kier alpha value is -2.61. The Bertz CT molecular complexity index is 1200. The fourth-order valence-electron chi connectivity index (χ4n) is 4.06. The number of rotatable bonds is 5. The molecule has 0 amide bonds. The maximum atomic E-state index is 12.3. The highest BCUT2D eigenvalue weighted by Gasteiger charge is 2.21. The number of hydrogen-bond acceptors (Lipinski definition) is 5. The summed E-state index contributed by atoms with van der Waals surface area (Å²) in [6, 6.07) is 3.73. The fraction of sp³-hybridized carbons (Fsp3) is 0.429. The molecule has 3 aromatic rings. The van der Waals surface area contributed by atoms with Gasteiger partial charge in [-0.2, -0.15) is 0 Å². The van der Waals surface area contributed by atoms with E-state index in [2.05, 4.69) is 9.97 Å². The van der Waals surface area contributed by atoms with Gasteiger partial charge in [0.25, 0.3) is 5.56 Å². The molecular weight excluding hydrogens is 390 g/mol. The van der Waals surface area contributed by atoms with E-state index in [0.717, 1.165) is 36.9 Å². The van der Waals surface area contributed by atoms with Gasteiger partial charge in [-0.1, -0.05) is 6.42 Å². The van der Waals surface area contributed by atoms with Crippen LogP contribution in [0.3, 0.4) is 0 Å². The summed E-state index contributed by atoms with van der Waals surface area (Å²) in [5.74, 6) is 0.383. The van der Waals surface area contributed by atoms with E-state index in [-0.39, 0.29) is 17.4 Å². The standard InChI is InChI=1S/C21H25N3O4S/c1-14-10-18(24-9-8-22-20(25)19(14)24)17-11-15(13-29(2,26)27)12-23-21(17)28-16-6-4-3-5-7-16/h8-12,16H,3-7,13H2,1-2H3,(H,22,25). The largest absolute Gasteiger partial charge is 0.474 e. The summed E-state index contributed by atoms with van der Waals surface area (Å²) in [7, 11) is -3.20. The monoisotopic (exact) mass is 415 g/mol. The first-order chi connectivity index (χ1) is 13.8. The van der Waals surface area contributed by atoms with Crippen LogP contribution in [0, 0.1) is 6.92 Å². The molecule has 0 saturated heterocycles.